The van der Waals surface area contributed by atoms with E-state index >= 15 is 0 Å². The van der Waals surface area contributed by atoms with Crippen LogP contribution in [0.15, 0.2) is 10.7 Å². The highest BCUT2D eigenvalue weighted by Gasteiger charge is 2.28. The molecule has 1 heterocycles. The number of rotatable bonds is 3. The van der Waals surface area contributed by atoms with Crippen LogP contribution >= 0.6 is 0 Å². The number of hydrogen-bond donors (Lipinski definition) is 0. The van der Waals surface area contributed by atoms with Gasteiger partial charge in [-0.15, -0.1) is 0 Å². The monoisotopic (exact) mass is 251 g/mol. The Kier molecular flexibility index (Phi) is 3.79. The van der Waals surface area contributed by atoms with Crippen LogP contribution in [-0.2, 0) is 9.53 Å². The van der Waals surface area contributed by atoms with E-state index in [9.17, 15) is 9.59 Å². The third-order valence-corrected chi connectivity index (χ3v) is 3.57. The predicted octanol–water partition coefficient (Wildman–Crippen LogP) is 2.32. The van der Waals surface area contributed by atoms with E-state index in [1.807, 2.05) is 0 Å². The highest BCUT2D eigenvalue weighted by molar-refractivity contribution is 5.86. The molecule has 0 spiro atoms. The van der Waals surface area contributed by atoms with Gasteiger partial charge < -0.3 is 9.15 Å². The zero-order valence-electron chi connectivity index (χ0n) is 10.6. The first-order chi connectivity index (χ1) is 8.61. The molecular weight excluding hydrogens is 234 g/mol. The quantitative estimate of drug-likeness (QED) is 0.771. The van der Waals surface area contributed by atoms with Gasteiger partial charge in [0.15, 0.2) is 11.6 Å². The lowest BCUT2D eigenvalue weighted by atomic mass is 9.80. The lowest BCUT2D eigenvalue weighted by Gasteiger charge is -2.24. The van der Waals surface area contributed by atoms with Crippen LogP contribution in [0.5, 0.6) is 0 Å². The highest BCUT2D eigenvalue weighted by Crippen LogP contribution is 2.35. The minimum Gasteiger partial charge on any atom is -0.464 e. The normalized spacial score (nSPS) is 23.7. The van der Waals surface area contributed by atoms with E-state index in [1.54, 1.807) is 6.92 Å². The summed E-state index contributed by atoms with van der Waals surface area (Å²) in [4.78, 5) is 26.7. The van der Waals surface area contributed by atoms with Crippen molar-refractivity contribution in [1.29, 1.82) is 0 Å². The summed E-state index contributed by atoms with van der Waals surface area (Å²) in [7, 11) is 1.31. The molecule has 1 fully saturated rings. The average Bonchev–Trinajstić information content (AvgIpc) is 2.87. The van der Waals surface area contributed by atoms with E-state index in [0.717, 1.165) is 25.7 Å². The largest absolute Gasteiger partial charge is 0.464 e. The van der Waals surface area contributed by atoms with Gasteiger partial charge in [-0.2, -0.15) is 0 Å². The molecule has 1 aliphatic rings. The second-order valence-electron chi connectivity index (χ2n) is 4.72. The van der Waals surface area contributed by atoms with Crippen molar-refractivity contribution in [2.75, 3.05) is 7.11 Å². The molecule has 1 aliphatic carbocycles. The fraction of sp³-hybridized carbons (Fsp3) is 0.615. The van der Waals surface area contributed by atoms with Gasteiger partial charge in [-0.1, -0.05) is 0 Å². The third-order valence-electron chi connectivity index (χ3n) is 3.57. The molecule has 5 nitrogen and oxygen atoms in total. The Labute approximate surface area is 106 Å². The Morgan fingerprint density at radius 3 is 2.56 bits per heavy atom. The molecule has 98 valence electrons. The smallest absolute Gasteiger partial charge is 0.360 e. The summed E-state index contributed by atoms with van der Waals surface area (Å²) in [5.41, 5.74) is 0.209. The number of aromatic nitrogens is 1. The van der Waals surface area contributed by atoms with Crippen molar-refractivity contribution in [3.05, 3.63) is 17.8 Å². The number of carbonyl (C=O) groups excluding carboxylic acids is 2. The van der Waals surface area contributed by atoms with Crippen LogP contribution < -0.4 is 0 Å². The minimum atomic E-state index is -0.484. The lowest BCUT2D eigenvalue weighted by Crippen LogP contribution is -2.19. The second-order valence-corrected chi connectivity index (χ2v) is 4.72. The molecule has 0 unspecified atom stereocenters. The van der Waals surface area contributed by atoms with Crippen molar-refractivity contribution in [1.82, 2.24) is 4.98 Å². The van der Waals surface area contributed by atoms with Crippen molar-refractivity contribution in [2.24, 2.45) is 5.92 Å². The van der Waals surface area contributed by atoms with E-state index in [-0.39, 0.29) is 23.3 Å². The Morgan fingerprint density at radius 2 is 2.00 bits per heavy atom. The number of ether oxygens (including phenoxy) is 1. The van der Waals surface area contributed by atoms with Gasteiger partial charge in [0.1, 0.15) is 12.0 Å². The number of Topliss-reactive ketones (excluding diaryl/α,β-unsaturated/α-hetero) is 1. The van der Waals surface area contributed by atoms with Crippen molar-refractivity contribution in [3.63, 3.8) is 0 Å². The van der Waals surface area contributed by atoms with Crippen LogP contribution in [0.3, 0.4) is 0 Å². The van der Waals surface area contributed by atoms with Crippen molar-refractivity contribution >= 4 is 11.8 Å². The van der Waals surface area contributed by atoms with Crippen LogP contribution in [0.4, 0.5) is 0 Å². The number of nitrogens with zero attached hydrogens (tertiary/aromatic N) is 1. The van der Waals surface area contributed by atoms with E-state index in [1.165, 1.54) is 13.4 Å². The van der Waals surface area contributed by atoms with E-state index in [4.69, 9.17) is 4.42 Å². The van der Waals surface area contributed by atoms with Crippen LogP contribution in [0, 0.1) is 5.92 Å². The van der Waals surface area contributed by atoms with Crippen molar-refractivity contribution in [3.8, 4) is 0 Å². The highest BCUT2D eigenvalue weighted by atomic mass is 16.5. The Bertz CT molecular complexity index is 444. The van der Waals surface area contributed by atoms with Gasteiger partial charge in [0.2, 0.25) is 0 Å². The number of esters is 1. The fourth-order valence-corrected chi connectivity index (χ4v) is 2.42. The number of carbonyl (C=O) groups is 2. The van der Waals surface area contributed by atoms with Crippen LogP contribution in [0.25, 0.3) is 0 Å². The Balaban J connectivity index is 1.99. The molecule has 2 rings (SSSR count). The number of hydrogen-bond acceptors (Lipinski definition) is 5. The fourth-order valence-electron chi connectivity index (χ4n) is 2.42. The van der Waals surface area contributed by atoms with Crippen molar-refractivity contribution in [2.45, 2.75) is 38.5 Å². The van der Waals surface area contributed by atoms with Gasteiger partial charge in [0, 0.05) is 11.8 Å². The molecule has 1 saturated carbocycles. The first kappa shape index (κ1) is 12.8. The molecular formula is C13H17NO4. The summed E-state index contributed by atoms with van der Waals surface area (Å²) < 4.78 is 9.91. The molecule has 0 saturated heterocycles. The zero-order valence-corrected chi connectivity index (χ0v) is 10.6. The molecule has 0 aromatic carbocycles. The Morgan fingerprint density at radius 1 is 1.33 bits per heavy atom. The van der Waals surface area contributed by atoms with E-state index in [0.29, 0.717) is 5.89 Å². The number of methoxy groups -OCH3 is 1. The molecule has 0 aliphatic heterocycles. The van der Waals surface area contributed by atoms with E-state index in [2.05, 4.69) is 9.72 Å². The number of oxazole rings is 1. The predicted molar refractivity (Wildman–Crippen MR) is 63.2 cm³/mol. The molecule has 5 heteroatoms. The minimum absolute atomic E-state index is 0.177. The Hall–Kier alpha value is -1.65. The SMILES string of the molecule is COC(=O)c1coc(C2CCC(C(C)=O)CC2)n1. The standard InChI is InChI=1S/C13H17NO4/c1-8(15)9-3-5-10(6-4-9)12-14-11(7-18-12)13(16)17-2/h7,9-10H,3-6H2,1-2H3. The van der Waals surface area contributed by atoms with Crippen molar-refractivity contribution < 1.29 is 18.7 Å². The zero-order chi connectivity index (χ0) is 13.1. The lowest BCUT2D eigenvalue weighted by molar-refractivity contribution is -0.121. The topological polar surface area (TPSA) is 69.4 Å². The van der Waals surface area contributed by atoms with Gasteiger partial charge in [-0.05, 0) is 32.6 Å². The van der Waals surface area contributed by atoms with Crippen LogP contribution in [0.2, 0.25) is 0 Å². The first-order valence-corrected chi connectivity index (χ1v) is 6.16. The molecule has 0 atom stereocenters. The number of ketones is 1. The maximum atomic E-state index is 11.3. The molecule has 1 aromatic rings. The van der Waals surface area contributed by atoms with Gasteiger partial charge in [0.25, 0.3) is 0 Å². The van der Waals surface area contributed by atoms with Gasteiger partial charge in [-0.25, -0.2) is 9.78 Å². The maximum Gasteiger partial charge on any atom is 0.360 e. The summed E-state index contributed by atoms with van der Waals surface area (Å²) in [5, 5.41) is 0. The molecule has 0 bridgehead atoms. The second kappa shape index (κ2) is 5.33. The summed E-state index contributed by atoms with van der Waals surface area (Å²) >= 11 is 0. The van der Waals surface area contributed by atoms with E-state index < -0.39 is 5.97 Å². The maximum absolute atomic E-state index is 11.3. The third kappa shape index (κ3) is 2.60. The van der Waals surface area contributed by atoms with Crippen LogP contribution in [0.1, 0.15) is 54.9 Å². The molecule has 0 N–H and O–H groups in total. The van der Waals surface area contributed by atoms with Gasteiger partial charge in [0.05, 0.1) is 7.11 Å². The van der Waals surface area contributed by atoms with Crippen LogP contribution in [-0.4, -0.2) is 23.8 Å². The summed E-state index contributed by atoms with van der Waals surface area (Å²) in [6.45, 7) is 1.64. The first-order valence-electron chi connectivity index (χ1n) is 6.16. The van der Waals surface area contributed by atoms with Gasteiger partial charge >= 0.3 is 5.97 Å². The summed E-state index contributed by atoms with van der Waals surface area (Å²) in [6, 6.07) is 0. The average molecular weight is 251 g/mol. The molecule has 18 heavy (non-hydrogen) atoms. The molecule has 0 amide bonds. The summed E-state index contributed by atoms with van der Waals surface area (Å²) in [5.74, 6) is 0.742. The molecule has 0 radical (unpaired) electrons. The molecule has 1 aromatic heterocycles. The summed E-state index contributed by atoms with van der Waals surface area (Å²) in [6.07, 6.45) is 4.83. The van der Waals surface area contributed by atoms with Gasteiger partial charge in [-0.3, -0.25) is 4.79 Å².